The second kappa shape index (κ2) is 5.48. The van der Waals surface area contributed by atoms with E-state index >= 15 is 0 Å². The molecule has 2 aromatic rings. The third-order valence-electron chi connectivity index (χ3n) is 2.28. The summed E-state index contributed by atoms with van der Waals surface area (Å²) in [6.07, 6.45) is 0. The summed E-state index contributed by atoms with van der Waals surface area (Å²) in [4.78, 5) is 0.0808. The van der Waals surface area contributed by atoms with Gasteiger partial charge in [-0.05, 0) is 36.4 Å². The standard InChI is InChI=1S/C12H8BrClFNO2S/c13-8-2-1-3-10(6-8)19(17,18)16-9-4-5-11(14)12(15)7-9/h1-7,16H. The molecule has 19 heavy (non-hydrogen) atoms. The van der Waals surface area contributed by atoms with E-state index in [0.29, 0.717) is 4.47 Å². The molecule has 0 fully saturated rings. The lowest BCUT2D eigenvalue weighted by Crippen LogP contribution is -2.13. The van der Waals surface area contributed by atoms with Crippen LogP contribution in [0.25, 0.3) is 0 Å². The van der Waals surface area contributed by atoms with Gasteiger partial charge in [-0.2, -0.15) is 0 Å². The van der Waals surface area contributed by atoms with E-state index in [9.17, 15) is 12.8 Å². The molecule has 0 saturated carbocycles. The Balaban J connectivity index is 2.33. The maximum atomic E-state index is 13.2. The molecule has 2 rings (SSSR count). The zero-order valence-corrected chi connectivity index (χ0v) is 12.6. The van der Waals surface area contributed by atoms with Crippen molar-refractivity contribution >= 4 is 43.2 Å². The highest BCUT2D eigenvalue weighted by Gasteiger charge is 2.15. The predicted molar refractivity (Wildman–Crippen MR) is 76.4 cm³/mol. The summed E-state index contributed by atoms with van der Waals surface area (Å²) < 4.78 is 40.3. The Morgan fingerprint density at radius 3 is 2.53 bits per heavy atom. The highest BCUT2D eigenvalue weighted by molar-refractivity contribution is 9.10. The molecule has 0 bridgehead atoms. The Labute approximate surface area is 123 Å². The van der Waals surface area contributed by atoms with Crippen LogP contribution in [0.15, 0.2) is 51.8 Å². The van der Waals surface area contributed by atoms with E-state index in [2.05, 4.69) is 20.7 Å². The summed E-state index contributed by atoms with van der Waals surface area (Å²) in [5, 5.41) is -0.0644. The van der Waals surface area contributed by atoms with Gasteiger partial charge in [0.2, 0.25) is 0 Å². The smallest absolute Gasteiger partial charge is 0.261 e. The molecular formula is C12H8BrClFNO2S. The highest BCUT2D eigenvalue weighted by Crippen LogP contribution is 2.22. The van der Waals surface area contributed by atoms with Crippen molar-refractivity contribution in [1.82, 2.24) is 0 Å². The Morgan fingerprint density at radius 1 is 1.16 bits per heavy atom. The van der Waals surface area contributed by atoms with E-state index in [4.69, 9.17) is 11.6 Å². The summed E-state index contributed by atoms with van der Waals surface area (Å²) in [5.41, 5.74) is 0.113. The molecule has 3 nitrogen and oxygen atoms in total. The number of halogens is 3. The van der Waals surface area contributed by atoms with Gasteiger partial charge in [0, 0.05) is 4.47 Å². The van der Waals surface area contributed by atoms with E-state index in [1.807, 2.05) is 0 Å². The molecule has 7 heteroatoms. The van der Waals surface area contributed by atoms with Crippen LogP contribution >= 0.6 is 27.5 Å². The number of rotatable bonds is 3. The number of hydrogen-bond donors (Lipinski definition) is 1. The van der Waals surface area contributed by atoms with Crippen molar-refractivity contribution in [1.29, 1.82) is 0 Å². The van der Waals surface area contributed by atoms with Gasteiger partial charge in [-0.15, -0.1) is 0 Å². The molecule has 0 radical (unpaired) electrons. The number of nitrogens with one attached hydrogen (secondary N) is 1. The second-order valence-electron chi connectivity index (χ2n) is 3.69. The van der Waals surface area contributed by atoms with Gasteiger partial charge in [0.1, 0.15) is 5.82 Å². The van der Waals surface area contributed by atoms with Crippen molar-refractivity contribution in [2.75, 3.05) is 4.72 Å². The van der Waals surface area contributed by atoms with E-state index in [1.165, 1.54) is 24.3 Å². The number of sulfonamides is 1. The molecule has 0 spiro atoms. The summed E-state index contributed by atoms with van der Waals surface area (Å²) in [5.74, 6) is -0.684. The molecule has 0 aliphatic heterocycles. The van der Waals surface area contributed by atoms with E-state index in [-0.39, 0.29) is 15.6 Å². The highest BCUT2D eigenvalue weighted by atomic mass is 79.9. The molecular weight excluding hydrogens is 357 g/mol. The lowest BCUT2D eigenvalue weighted by atomic mass is 10.3. The van der Waals surface area contributed by atoms with Gasteiger partial charge in [0.05, 0.1) is 15.6 Å². The van der Waals surface area contributed by atoms with Crippen LogP contribution in [-0.4, -0.2) is 8.42 Å². The van der Waals surface area contributed by atoms with Crippen molar-refractivity contribution in [3.63, 3.8) is 0 Å². The number of hydrogen-bond acceptors (Lipinski definition) is 2. The SMILES string of the molecule is O=S(=O)(Nc1ccc(Cl)c(F)c1)c1cccc(Br)c1. The van der Waals surface area contributed by atoms with E-state index in [0.717, 1.165) is 6.07 Å². The molecule has 0 aliphatic carbocycles. The third kappa shape index (κ3) is 3.46. The largest absolute Gasteiger partial charge is 0.280 e. The number of benzene rings is 2. The van der Waals surface area contributed by atoms with Crippen LogP contribution in [-0.2, 0) is 10.0 Å². The van der Waals surface area contributed by atoms with Crippen LogP contribution < -0.4 is 4.72 Å². The van der Waals surface area contributed by atoms with Crippen molar-refractivity contribution in [3.8, 4) is 0 Å². The average Bonchev–Trinajstić information content (AvgIpc) is 2.33. The van der Waals surface area contributed by atoms with Crippen LogP contribution in [0, 0.1) is 5.82 Å². The monoisotopic (exact) mass is 363 g/mol. The van der Waals surface area contributed by atoms with Gasteiger partial charge in [-0.25, -0.2) is 12.8 Å². The quantitative estimate of drug-likeness (QED) is 0.893. The average molecular weight is 365 g/mol. The van der Waals surface area contributed by atoms with Gasteiger partial charge >= 0.3 is 0 Å². The minimum Gasteiger partial charge on any atom is -0.280 e. The fourth-order valence-corrected chi connectivity index (χ4v) is 3.17. The summed E-state index contributed by atoms with van der Waals surface area (Å²) >= 11 is 8.72. The Morgan fingerprint density at radius 2 is 1.89 bits per heavy atom. The summed E-state index contributed by atoms with van der Waals surface area (Å²) in [6.45, 7) is 0. The molecule has 0 saturated heterocycles. The van der Waals surface area contributed by atoms with Gasteiger partial charge in [0.15, 0.2) is 0 Å². The first kappa shape index (κ1) is 14.3. The fraction of sp³-hybridized carbons (Fsp3) is 0. The van der Waals surface area contributed by atoms with Crippen LogP contribution in [0.1, 0.15) is 0 Å². The Bertz CT molecular complexity index is 721. The van der Waals surface area contributed by atoms with Gasteiger partial charge < -0.3 is 0 Å². The fourth-order valence-electron chi connectivity index (χ4n) is 1.41. The topological polar surface area (TPSA) is 46.2 Å². The van der Waals surface area contributed by atoms with Crippen LogP contribution in [0.4, 0.5) is 10.1 Å². The first-order valence-electron chi connectivity index (χ1n) is 5.12. The van der Waals surface area contributed by atoms with Crippen molar-refractivity contribution in [2.24, 2.45) is 0 Å². The minimum absolute atomic E-state index is 0.0644. The minimum atomic E-state index is -3.76. The molecule has 1 N–H and O–H groups in total. The van der Waals surface area contributed by atoms with Crippen LogP contribution in [0.5, 0.6) is 0 Å². The number of anilines is 1. The lowest BCUT2D eigenvalue weighted by Gasteiger charge is -2.08. The molecule has 0 heterocycles. The van der Waals surface area contributed by atoms with E-state index < -0.39 is 15.8 Å². The van der Waals surface area contributed by atoms with Crippen molar-refractivity contribution < 1.29 is 12.8 Å². The summed E-state index contributed by atoms with van der Waals surface area (Å²) in [7, 11) is -3.76. The normalized spacial score (nSPS) is 11.3. The van der Waals surface area contributed by atoms with Crippen LogP contribution in [0.2, 0.25) is 5.02 Å². The zero-order valence-electron chi connectivity index (χ0n) is 9.40. The van der Waals surface area contributed by atoms with Gasteiger partial charge in [-0.1, -0.05) is 33.6 Å². The molecule has 100 valence electrons. The first-order chi connectivity index (χ1) is 8.88. The first-order valence-corrected chi connectivity index (χ1v) is 7.77. The Hall–Kier alpha value is -1.11. The summed E-state index contributed by atoms with van der Waals surface area (Å²) in [6, 6.07) is 9.91. The molecule has 0 atom stereocenters. The Kier molecular flexibility index (Phi) is 4.13. The molecule has 0 unspecified atom stereocenters. The maximum Gasteiger partial charge on any atom is 0.261 e. The zero-order chi connectivity index (χ0) is 14.0. The molecule has 2 aromatic carbocycles. The molecule has 0 aliphatic rings. The lowest BCUT2D eigenvalue weighted by molar-refractivity contribution is 0.601. The third-order valence-corrected chi connectivity index (χ3v) is 4.46. The maximum absolute atomic E-state index is 13.2. The van der Waals surface area contributed by atoms with Crippen molar-refractivity contribution in [2.45, 2.75) is 4.90 Å². The van der Waals surface area contributed by atoms with Gasteiger partial charge in [0.25, 0.3) is 10.0 Å². The second-order valence-corrected chi connectivity index (χ2v) is 6.70. The van der Waals surface area contributed by atoms with Crippen molar-refractivity contribution in [3.05, 3.63) is 57.8 Å². The predicted octanol–water partition coefficient (Wildman–Crippen LogP) is 4.04. The van der Waals surface area contributed by atoms with Gasteiger partial charge in [-0.3, -0.25) is 4.72 Å². The molecule has 0 aromatic heterocycles. The van der Waals surface area contributed by atoms with Crippen LogP contribution in [0.3, 0.4) is 0 Å². The van der Waals surface area contributed by atoms with E-state index in [1.54, 1.807) is 12.1 Å². The molecule has 0 amide bonds.